The SMILES string of the molecule is COc1ccc(Br)cc1C1C(C(=O)c2sc(C)nc2C)=C(O)C(=O)N1c1nnc(SCc2ccc(Cl)cc2Cl)s1. The summed E-state index contributed by atoms with van der Waals surface area (Å²) < 4.78 is 6.87. The van der Waals surface area contributed by atoms with Crippen LogP contribution in [0.25, 0.3) is 0 Å². The largest absolute Gasteiger partial charge is 0.503 e. The number of aliphatic hydroxyl groups excluding tert-OH is 1. The van der Waals surface area contributed by atoms with Gasteiger partial charge < -0.3 is 9.84 Å². The molecule has 1 amide bonds. The van der Waals surface area contributed by atoms with Crippen LogP contribution in [0.2, 0.25) is 10.0 Å². The number of ketones is 1. The van der Waals surface area contributed by atoms with Crippen LogP contribution < -0.4 is 9.64 Å². The molecule has 4 aromatic rings. The summed E-state index contributed by atoms with van der Waals surface area (Å²) in [5.41, 5.74) is 1.80. The zero-order valence-corrected chi connectivity index (χ0v) is 26.6. The van der Waals surface area contributed by atoms with Crippen LogP contribution in [-0.4, -0.2) is 39.1 Å². The lowest BCUT2D eigenvalue weighted by Gasteiger charge is -2.25. The Morgan fingerprint density at radius 2 is 1.95 bits per heavy atom. The maximum Gasteiger partial charge on any atom is 0.296 e. The lowest BCUT2D eigenvalue weighted by atomic mass is 9.94. The summed E-state index contributed by atoms with van der Waals surface area (Å²) in [5, 5.41) is 21.6. The third-order valence-electron chi connectivity index (χ3n) is 6.02. The highest BCUT2D eigenvalue weighted by molar-refractivity contribution is 9.10. The first kappa shape index (κ1) is 29.0. The summed E-state index contributed by atoms with van der Waals surface area (Å²) in [6.07, 6.45) is 0. The number of nitrogens with zero attached hydrogens (tertiary/aromatic N) is 4. The molecule has 0 saturated carbocycles. The van der Waals surface area contributed by atoms with E-state index < -0.39 is 23.5 Å². The highest BCUT2D eigenvalue weighted by atomic mass is 79.9. The second kappa shape index (κ2) is 11.8. The van der Waals surface area contributed by atoms with E-state index in [2.05, 4.69) is 31.1 Å². The number of thiazole rings is 1. The van der Waals surface area contributed by atoms with Gasteiger partial charge in [-0.15, -0.1) is 21.5 Å². The molecule has 0 saturated heterocycles. The molecule has 1 aliphatic heterocycles. The van der Waals surface area contributed by atoms with Crippen LogP contribution in [0.15, 0.2) is 56.5 Å². The second-order valence-electron chi connectivity index (χ2n) is 8.58. The molecule has 40 heavy (non-hydrogen) atoms. The molecule has 1 N–H and O–H groups in total. The number of halogens is 3. The fraction of sp³-hybridized carbons (Fsp3) is 0.192. The zero-order chi connectivity index (χ0) is 28.7. The molecule has 1 atom stereocenters. The smallest absolute Gasteiger partial charge is 0.296 e. The molecule has 0 radical (unpaired) electrons. The molecule has 1 unspecified atom stereocenters. The van der Waals surface area contributed by atoms with Gasteiger partial charge in [0.1, 0.15) is 11.8 Å². The van der Waals surface area contributed by atoms with Crippen LogP contribution in [0.1, 0.15) is 37.5 Å². The fourth-order valence-corrected chi connectivity index (χ4v) is 7.93. The Morgan fingerprint density at radius 1 is 1.18 bits per heavy atom. The van der Waals surface area contributed by atoms with Gasteiger partial charge in [0.05, 0.1) is 28.3 Å². The maximum absolute atomic E-state index is 13.9. The maximum atomic E-state index is 13.9. The van der Waals surface area contributed by atoms with Crippen molar-refractivity contribution < 1.29 is 19.4 Å². The number of aliphatic hydroxyl groups is 1. The van der Waals surface area contributed by atoms with Gasteiger partial charge in [-0.2, -0.15) is 0 Å². The molecule has 206 valence electrons. The van der Waals surface area contributed by atoms with Crippen molar-refractivity contribution in [2.75, 3.05) is 12.0 Å². The zero-order valence-electron chi connectivity index (χ0n) is 21.1. The van der Waals surface area contributed by atoms with E-state index in [0.717, 1.165) is 16.9 Å². The summed E-state index contributed by atoms with van der Waals surface area (Å²) in [6.45, 7) is 3.51. The van der Waals surface area contributed by atoms with Gasteiger partial charge in [-0.1, -0.05) is 68.3 Å². The first-order chi connectivity index (χ1) is 19.1. The van der Waals surface area contributed by atoms with Crippen molar-refractivity contribution >= 4 is 90.4 Å². The van der Waals surface area contributed by atoms with E-state index in [1.54, 1.807) is 44.2 Å². The Hall–Kier alpha value is -2.48. The van der Waals surface area contributed by atoms with Gasteiger partial charge in [0.25, 0.3) is 5.91 Å². The fourth-order valence-electron chi connectivity index (χ4n) is 4.25. The number of hydrogen-bond donors (Lipinski definition) is 1. The van der Waals surface area contributed by atoms with Crippen molar-refractivity contribution in [1.29, 1.82) is 0 Å². The number of aromatic nitrogens is 3. The average molecular weight is 698 g/mol. The molecule has 0 fully saturated rings. The number of aryl methyl sites for hydroxylation is 2. The standard InChI is InChI=1S/C26H19BrCl2N4O4S3/c1-11-23(39-12(2)30-11)21(34)19-20(16-8-14(27)5-7-18(16)37-3)33(24(36)22(19)35)25-31-32-26(40-25)38-10-13-4-6-15(28)9-17(13)29/h4-9,20,35H,10H2,1-3H3. The number of ether oxygens (including phenoxy) is 1. The van der Waals surface area contributed by atoms with Crippen LogP contribution in [0.3, 0.4) is 0 Å². The van der Waals surface area contributed by atoms with E-state index in [1.165, 1.54) is 35.1 Å². The van der Waals surface area contributed by atoms with E-state index in [0.29, 0.717) is 51.5 Å². The molecular weight excluding hydrogens is 679 g/mol. The Bertz CT molecular complexity index is 1690. The predicted octanol–water partition coefficient (Wildman–Crippen LogP) is 7.76. The highest BCUT2D eigenvalue weighted by Gasteiger charge is 2.47. The van der Waals surface area contributed by atoms with E-state index in [4.69, 9.17) is 27.9 Å². The number of carbonyl (C=O) groups is 2. The predicted molar refractivity (Wildman–Crippen MR) is 162 cm³/mol. The number of Topliss-reactive ketones (excluding diaryl/α,β-unsaturated/α-hetero) is 1. The van der Waals surface area contributed by atoms with Gasteiger partial charge in [-0.05, 0) is 49.7 Å². The monoisotopic (exact) mass is 696 g/mol. The second-order valence-corrected chi connectivity index (χ2v) is 13.7. The van der Waals surface area contributed by atoms with Crippen molar-refractivity contribution in [3.8, 4) is 5.75 Å². The molecule has 1 aliphatic rings. The molecule has 5 rings (SSSR count). The van der Waals surface area contributed by atoms with Gasteiger partial charge >= 0.3 is 0 Å². The highest BCUT2D eigenvalue weighted by Crippen LogP contribution is 2.47. The van der Waals surface area contributed by atoms with Gasteiger partial charge in [-0.3, -0.25) is 14.5 Å². The number of anilines is 1. The van der Waals surface area contributed by atoms with Gasteiger partial charge in [0.2, 0.25) is 10.9 Å². The summed E-state index contributed by atoms with van der Waals surface area (Å²) in [5.74, 6) is -0.971. The molecule has 2 aromatic heterocycles. The van der Waals surface area contributed by atoms with Crippen LogP contribution >= 0.6 is 73.6 Å². The van der Waals surface area contributed by atoms with E-state index in [-0.39, 0.29) is 10.7 Å². The molecule has 8 nitrogen and oxygen atoms in total. The summed E-state index contributed by atoms with van der Waals surface area (Å²) in [4.78, 5) is 33.4. The lowest BCUT2D eigenvalue weighted by Crippen LogP contribution is -2.31. The number of benzene rings is 2. The van der Waals surface area contributed by atoms with Crippen LogP contribution in [0, 0.1) is 13.8 Å². The van der Waals surface area contributed by atoms with E-state index in [1.807, 2.05) is 6.07 Å². The number of carbonyl (C=O) groups excluding carboxylic acids is 2. The van der Waals surface area contributed by atoms with Crippen molar-refractivity contribution in [3.63, 3.8) is 0 Å². The third kappa shape index (κ3) is 5.53. The number of rotatable bonds is 8. The Morgan fingerprint density at radius 3 is 2.62 bits per heavy atom. The molecular formula is C26H19BrCl2N4O4S3. The van der Waals surface area contributed by atoms with Gasteiger partial charge in [0, 0.05) is 25.8 Å². The van der Waals surface area contributed by atoms with Gasteiger partial charge in [-0.25, -0.2) is 4.98 Å². The average Bonchev–Trinajstić information content (AvgIpc) is 3.58. The summed E-state index contributed by atoms with van der Waals surface area (Å²) in [7, 11) is 1.50. The Balaban J connectivity index is 1.55. The van der Waals surface area contributed by atoms with Crippen molar-refractivity contribution in [1.82, 2.24) is 15.2 Å². The van der Waals surface area contributed by atoms with E-state index in [9.17, 15) is 14.7 Å². The molecule has 3 heterocycles. The van der Waals surface area contributed by atoms with Crippen LogP contribution in [-0.2, 0) is 10.5 Å². The number of methoxy groups -OCH3 is 1. The number of thioether (sulfide) groups is 1. The Labute approximate surface area is 260 Å². The minimum absolute atomic E-state index is 0.0782. The normalized spacial score (nSPS) is 15.3. The molecule has 0 bridgehead atoms. The summed E-state index contributed by atoms with van der Waals surface area (Å²) in [6, 6.07) is 9.49. The van der Waals surface area contributed by atoms with Crippen molar-refractivity contribution in [2.24, 2.45) is 0 Å². The number of hydrogen-bond acceptors (Lipinski definition) is 10. The van der Waals surface area contributed by atoms with Gasteiger partial charge in [0.15, 0.2) is 10.1 Å². The first-order valence-electron chi connectivity index (χ1n) is 11.6. The minimum atomic E-state index is -1.02. The topological polar surface area (TPSA) is 106 Å². The quantitative estimate of drug-likeness (QED) is 0.113. The Kier molecular flexibility index (Phi) is 8.55. The molecule has 2 aromatic carbocycles. The molecule has 14 heteroatoms. The van der Waals surface area contributed by atoms with Crippen molar-refractivity contribution in [3.05, 3.63) is 89.0 Å². The van der Waals surface area contributed by atoms with Crippen LogP contribution in [0.4, 0.5) is 5.13 Å². The lowest BCUT2D eigenvalue weighted by molar-refractivity contribution is -0.117. The van der Waals surface area contributed by atoms with E-state index >= 15 is 0 Å². The minimum Gasteiger partial charge on any atom is -0.503 e. The third-order valence-corrected chi connectivity index (χ3v) is 10.3. The van der Waals surface area contributed by atoms with Crippen molar-refractivity contribution in [2.45, 2.75) is 30.0 Å². The molecule has 0 spiro atoms. The summed E-state index contributed by atoms with van der Waals surface area (Å²) >= 11 is 19.5. The van der Waals surface area contributed by atoms with Crippen LogP contribution in [0.5, 0.6) is 5.75 Å². The molecule has 0 aliphatic carbocycles. The number of amides is 1. The first-order valence-corrected chi connectivity index (χ1v) is 15.7.